The largest absolute Gasteiger partial charge is 0.481 e. The second-order valence-electron chi connectivity index (χ2n) is 4.80. The molecule has 1 unspecified atom stereocenters. The number of carboxylic acids is 1. The van der Waals surface area contributed by atoms with Gasteiger partial charge in [0.15, 0.2) is 0 Å². The molecule has 0 spiro atoms. The number of carbonyl (C=O) groups is 1. The van der Waals surface area contributed by atoms with Crippen LogP contribution in [0.2, 0.25) is 0 Å². The standard InChI is InChI=1S/C14H18BrNO2/c15-13-8-4-3-7-11(13)12(14(17)18)9-16-10-5-1-2-6-10/h3-4,7-8,10,12,16H,1-2,5-6,9H2,(H,17,18). The summed E-state index contributed by atoms with van der Waals surface area (Å²) in [5.41, 5.74) is 0.843. The molecule has 1 atom stereocenters. The third-order valence-corrected chi connectivity index (χ3v) is 4.27. The lowest BCUT2D eigenvalue weighted by Gasteiger charge is -2.18. The minimum absolute atomic E-state index is 0.485. The molecular formula is C14H18BrNO2. The lowest BCUT2D eigenvalue weighted by Crippen LogP contribution is -2.33. The van der Waals surface area contributed by atoms with E-state index >= 15 is 0 Å². The number of hydrogen-bond donors (Lipinski definition) is 2. The predicted molar refractivity (Wildman–Crippen MR) is 74.8 cm³/mol. The Balaban J connectivity index is 2.04. The normalized spacial score (nSPS) is 17.8. The maximum absolute atomic E-state index is 11.4. The molecule has 4 heteroatoms. The van der Waals surface area contributed by atoms with Crippen molar-refractivity contribution in [2.45, 2.75) is 37.6 Å². The van der Waals surface area contributed by atoms with Crippen LogP contribution in [0.5, 0.6) is 0 Å². The lowest BCUT2D eigenvalue weighted by atomic mass is 9.99. The summed E-state index contributed by atoms with van der Waals surface area (Å²) in [7, 11) is 0. The Labute approximate surface area is 116 Å². The molecule has 2 rings (SSSR count). The highest BCUT2D eigenvalue weighted by Gasteiger charge is 2.24. The average molecular weight is 312 g/mol. The van der Waals surface area contributed by atoms with Gasteiger partial charge in [-0.25, -0.2) is 0 Å². The number of halogens is 1. The van der Waals surface area contributed by atoms with Gasteiger partial charge in [-0.15, -0.1) is 0 Å². The zero-order valence-corrected chi connectivity index (χ0v) is 11.8. The molecule has 3 nitrogen and oxygen atoms in total. The van der Waals surface area contributed by atoms with Gasteiger partial charge in [0, 0.05) is 17.1 Å². The molecule has 1 aromatic rings. The van der Waals surface area contributed by atoms with Crippen LogP contribution in [0, 0.1) is 0 Å². The molecule has 1 saturated carbocycles. The van der Waals surface area contributed by atoms with Crippen molar-refractivity contribution >= 4 is 21.9 Å². The van der Waals surface area contributed by atoms with E-state index in [1.165, 1.54) is 25.7 Å². The van der Waals surface area contributed by atoms with Crippen LogP contribution >= 0.6 is 15.9 Å². The van der Waals surface area contributed by atoms with Gasteiger partial charge in [0.05, 0.1) is 5.92 Å². The number of nitrogens with one attached hydrogen (secondary N) is 1. The Kier molecular flexibility index (Phi) is 4.78. The van der Waals surface area contributed by atoms with Crippen LogP contribution in [0.15, 0.2) is 28.7 Å². The van der Waals surface area contributed by atoms with E-state index in [4.69, 9.17) is 0 Å². The smallest absolute Gasteiger partial charge is 0.312 e. The molecule has 2 N–H and O–H groups in total. The van der Waals surface area contributed by atoms with Crippen LogP contribution < -0.4 is 5.32 Å². The SMILES string of the molecule is O=C(O)C(CNC1CCCC1)c1ccccc1Br. The number of carboxylic acid groups (broad SMARTS) is 1. The van der Waals surface area contributed by atoms with Gasteiger partial charge >= 0.3 is 5.97 Å². The minimum Gasteiger partial charge on any atom is -0.481 e. The molecule has 0 aliphatic heterocycles. The van der Waals surface area contributed by atoms with Crippen LogP contribution in [0.25, 0.3) is 0 Å². The summed E-state index contributed by atoms with van der Waals surface area (Å²) in [5, 5.41) is 12.8. The van der Waals surface area contributed by atoms with Gasteiger partial charge in [0.25, 0.3) is 0 Å². The van der Waals surface area contributed by atoms with Crippen molar-refractivity contribution in [3.63, 3.8) is 0 Å². The van der Waals surface area contributed by atoms with Gasteiger partial charge in [-0.2, -0.15) is 0 Å². The molecule has 1 aromatic carbocycles. The van der Waals surface area contributed by atoms with Crippen LogP contribution in [0.1, 0.15) is 37.2 Å². The van der Waals surface area contributed by atoms with Gasteiger partial charge in [-0.1, -0.05) is 47.0 Å². The van der Waals surface area contributed by atoms with Crippen LogP contribution in [-0.4, -0.2) is 23.7 Å². The number of aliphatic carboxylic acids is 1. The Morgan fingerprint density at radius 2 is 2.06 bits per heavy atom. The highest BCUT2D eigenvalue weighted by molar-refractivity contribution is 9.10. The Morgan fingerprint density at radius 3 is 2.67 bits per heavy atom. The fourth-order valence-electron chi connectivity index (χ4n) is 2.50. The first-order valence-corrected chi connectivity index (χ1v) is 7.18. The van der Waals surface area contributed by atoms with Crippen molar-refractivity contribution in [2.75, 3.05) is 6.54 Å². The zero-order chi connectivity index (χ0) is 13.0. The van der Waals surface area contributed by atoms with E-state index < -0.39 is 11.9 Å². The maximum Gasteiger partial charge on any atom is 0.312 e. The Hall–Kier alpha value is -0.870. The van der Waals surface area contributed by atoms with Crippen LogP contribution in [-0.2, 0) is 4.79 Å². The average Bonchev–Trinajstić information content (AvgIpc) is 2.84. The zero-order valence-electron chi connectivity index (χ0n) is 10.2. The molecule has 0 heterocycles. The molecular weight excluding hydrogens is 294 g/mol. The highest BCUT2D eigenvalue weighted by atomic mass is 79.9. The van der Waals surface area contributed by atoms with Gasteiger partial charge in [-0.3, -0.25) is 4.79 Å². The quantitative estimate of drug-likeness (QED) is 0.878. The van der Waals surface area contributed by atoms with E-state index in [9.17, 15) is 9.90 Å². The van der Waals surface area contributed by atoms with E-state index in [1.54, 1.807) is 0 Å². The first kappa shape index (κ1) is 13.6. The summed E-state index contributed by atoms with van der Waals surface area (Å²) in [5.74, 6) is -1.26. The predicted octanol–water partition coefficient (Wildman–Crippen LogP) is 3.15. The Morgan fingerprint density at radius 1 is 1.39 bits per heavy atom. The van der Waals surface area contributed by atoms with Gasteiger partial charge in [0.1, 0.15) is 0 Å². The molecule has 98 valence electrons. The van der Waals surface area contributed by atoms with Crippen molar-refractivity contribution in [3.05, 3.63) is 34.3 Å². The van der Waals surface area contributed by atoms with Gasteiger partial charge in [0.2, 0.25) is 0 Å². The summed E-state index contributed by atoms with van der Waals surface area (Å²) in [6.07, 6.45) is 4.85. The molecule has 0 radical (unpaired) electrons. The number of hydrogen-bond acceptors (Lipinski definition) is 2. The van der Waals surface area contributed by atoms with E-state index in [0.29, 0.717) is 12.6 Å². The van der Waals surface area contributed by atoms with E-state index in [0.717, 1.165) is 10.0 Å². The van der Waals surface area contributed by atoms with Crippen molar-refractivity contribution < 1.29 is 9.90 Å². The Bertz CT molecular complexity index is 416. The van der Waals surface area contributed by atoms with Crippen molar-refractivity contribution in [3.8, 4) is 0 Å². The molecule has 0 aromatic heterocycles. The molecule has 1 fully saturated rings. The summed E-state index contributed by atoms with van der Waals surface area (Å²) in [6, 6.07) is 8.04. The molecule has 0 bridgehead atoms. The minimum atomic E-state index is -0.771. The topological polar surface area (TPSA) is 49.3 Å². The van der Waals surface area contributed by atoms with Crippen molar-refractivity contribution in [1.82, 2.24) is 5.32 Å². The first-order chi connectivity index (χ1) is 8.68. The fourth-order valence-corrected chi connectivity index (χ4v) is 3.06. The fraction of sp³-hybridized carbons (Fsp3) is 0.500. The monoisotopic (exact) mass is 311 g/mol. The van der Waals surface area contributed by atoms with Crippen LogP contribution in [0.4, 0.5) is 0 Å². The van der Waals surface area contributed by atoms with E-state index in [1.807, 2.05) is 24.3 Å². The summed E-state index contributed by atoms with van der Waals surface area (Å²) < 4.78 is 0.866. The first-order valence-electron chi connectivity index (χ1n) is 6.39. The highest BCUT2D eigenvalue weighted by Crippen LogP contribution is 2.25. The number of rotatable bonds is 5. The van der Waals surface area contributed by atoms with Crippen molar-refractivity contribution in [2.24, 2.45) is 0 Å². The van der Waals surface area contributed by atoms with E-state index in [2.05, 4.69) is 21.2 Å². The molecule has 0 amide bonds. The number of benzene rings is 1. The van der Waals surface area contributed by atoms with Crippen LogP contribution in [0.3, 0.4) is 0 Å². The maximum atomic E-state index is 11.4. The van der Waals surface area contributed by atoms with Gasteiger partial charge in [-0.05, 0) is 24.5 Å². The summed E-state index contributed by atoms with van der Waals surface area (Å²) >= 11 is 3.43. The molecule has 0 saturated heterocycles. The second kappa shape index (κ2) is 6.34. The lowest BCUT2D eigenvalue weighted by molar-refractivity contribution is -0.138. The van der Waals surface area contributed by atoms with Gasteiger partial charge < -0.3 is 10.4 Å². The second-order valence-corrected chi connectivity index (χ2v) is 5.66. The molecule has 18 heavy (non-hydrogen) atoms. The summed E-state index contributed by atoms with van der Waals surface area (Å²) in [4.78, 5) is 11.4. The molecule has 1 aliphatic carbocycles. The van der Waals surface area contributed by atoms with E-state index in [-0.39, 0.29) is 0 Å². The van der Waals surface area contributed by atoms with Crippen molar-refractivity contribution in [1.29, 1.82) is 0 Å². The third-order valence-electron chi connectivity index (χ3n) is 3.54. The third kappa shape index (κ3) is 3.33. The molecule has 1 aliphatic rings. The summed E-state index contributed by atoms with van der Waals surface area (Å²) in [6.45, 7) is 0.503.